The Labute approximate surface area is 81.4 Å². The van der Waals surface area contributed by atoms with Crippen molar-refractivity contribution < 1.29 is 19.8 Å². The van der Waals surface area contributed by atoms with E-state index in [9.17, 15) is 9.59 Å². The van der Waals surface area contributed by atoms with Crippen LogP contribution in [0.5, 0.6) is 0 Å². The highest BCUT2D eigenvalue weighted by atomic mass is 16.4. The van der Waals surface area contributed by atoms with Crippen LogP contribution in [0.3, 0.4) is 0 Å². The normalized spacial score (nSPS) is 8.64. The molecule has 5 nitrogen and oxygen atoms in total. The molecule has 0 saturated heterocycles. The number of aliphatic carboxylic acids is 1. The molecule has 0 atom stereocenters. The maximum Gasteiger partial charge on any atom is 0.352 e. The van der Waals surface area contributed by atoms with E-state index in [2.05, 4.69) is 4.98 Å². The highest BCUT2D eigenvalue weighted by molar-refractivity contribution is 5.85. The van der Waals surface area contributed by atoms with E-state index in [0.717, 1.165) is 6.42 Å². The van der Waals surface area contributed by atoms with Crippen LogP contribution >= 0.6 is 0 Å². The van der Waals surface area contributed by atoms with E-state index < -0.39 is 11.9 Å². The maximum absolute atomic E-state index is 10.0. The van der Waals surface area contributed by atoms with Gasteiger partial charge in [-0.3, -0.25) is 4.79 Å². The lowest BCUT2D eigenvalue weighted by Gasteiger charge is -1.80. The Morgan fingerprint density at radius 1 is 1.43 bits per heavy atom. The summed E-state index contributed by atoms with van der Waals surface area (Å²) in [6.45, 7) is 1.84. The van der Waals surface area contributed by atoms with Crippen molar-refractivity contribution in [1.82, 2.24) is 4.98 Å². The lowest BCUT2D eigenvalue weighted by molar-refractivity contribution is -0.137. The molecule has 14 heavy (non-hydrogen) atoms. The summed E-state index contributed by atoms with van der Waals surface area (Å²) in [5.41, 5.74) is 0.227. The molecule has 1 heterocycles. The van der Waals surface area contributed by atoms with Gasteiger partial charge in [-0.25, -0.2) is 4.79 Å². The van der Waals surface area contributed by atoms with Gasteiger partial charge in [0, 0.05) is 12.6 Å². The first-order valence-corrected chi connectivity index (χ1v) is 4.16. The van der Waals surface area contributed by atoms with Crippen molar-refractivity contribution in [3.8, 4) is 0 Å². The van der Waals surface area contributed by atoms with Gasteiger partial charge >= 0.3 is 11.9 Å². The Balaban J connectivity index is 0.000000255. The van der Waals surface area contributed by atoms with Crippen molar-refractivity contribution in [2.75, 3.05) is 0 Å². The Bertz CT molecular complexity index is 279. The Hall–Kier alpha value is -1.78. The lowest BCUT2D eigenvalue weighted by Crippen LogP contribution is -1.94. The molecule has 5 heteroatoms. The largest absolute Gasteiger partial charge is 0.481 e. The summed E-state index contributed by atoms with van der Waals surface area (Å²) in [5, 5.41) is 16.2. The van der Waals surface area contributed by atoms with E-state index in [1.807, 2.05) is 6.92 Å². The molecule has 0 aromatic carbocycles. The van der Waals surface area contributed by atoms with Crippen LogP contribution in [-0.2, 0) is 4.79 Å². The fourth-order valence-electron chi connectivity index (χ4n) is 0.677. The quantitative estimate of drug-likeness (QED) is 0.689. The third kappa shape index (κ3) is 5.82. The van der Waals surface area contributed by atoms with Gasteiger partial charge in [0.1, 0.15) is 5.69 Å². The summed E-state index contributed by atoms with van der Waals surface area (Å²) in [6.07, 6.45) is 2.60. The molecule has 0 amide bonds. The van der Waals surface area contributed by atoms with Crippen molar-refractivity contribution in [2.24, 2.45) is 0 Å². The summed E-state index contributed by atoms with van der Waals surface area (Å²) >= 11 is 0. The molecule has 78 valence electrons. The van der Waals surface area contributed by atoms with E-state index in [1.165, 1.54) is 6.07 Å². The average Bonchev–Trinajstić information content (AvgIpc) is 2.56. The van der Waals surface area contributed by atoms with Crippen LogP contribution in [0.2, 0.25) is 0 Å². The molecule has 0 bridgehead atoms. The van der Waals surface area contributed by atoms with Gasteiger partial charge in [-0.15, -0.1) is 0 Å². The molecule has 0 fully saturated rings. The molecular formula is C9H13NO4. The maximum atomic E-state index is 10.0. The van der Waals surface area contributed by atoms with Crippen LogP contribution in [0.15, 0.2) is 18.3 Å². The first-order chi connectivity index (χ1) is 6.57. The number of carboxylic acid groups (broad SMARTS) is 2. The highest BCUT2D eigenvalue weighted by Crippen LogP contribution is 1.91. The fraction of sp³-hybridized carbons (Fsp3) is 0.333. The number of hydrogen-bond donors (Lipinski definition) is 3. The monoisotopic (exact) mass is 199 g/mol. The first-order valence-electron chi connectivity index (χ1n) is 4.16. The minimum Gasteiger partial charge on any atom is -0.481 e. The smallest absolute Gasteiger partial charge is 0.352 e. The summed E-state index contributed by atoms with van der Waals surface area (Å²) in [5.74, 6) is -1.63. The molecule has 0 radical (unpaired) electrons. The molecular weight excluding hydrogens is 186 g/mol. The van der Waals surface area contributed by atoms with Gasteiger partial charge in [0.2, 0.25) is 0 Å². The molecule has 3 N–H and O–H groups in total. The molecule has 0 aliphatic heterocycles. The molecule has 0 spiro atoms. The molecule has 1 aromatic heterocycles. The number of aromatic carboxylic acids is 1. The van der Waals surface area contributed by atoms with Gasteiger partial charge in [0.15, 0.2) is 0 Å². The van der Waals surface area contributed by atoms with Crippen molar-refractivity contribution in [3.63, 3.8) is 0 Å². The number of nitrogens with one attached hydrogen (secondary N) is 1. The van der Waals surface area contributed by atoms with Crippen LogP contribution in [0.4, 0.5) is 0 Å². The van der Waals surface area contributed by atoms with Crippen LogP contribution in [-0.4, -0.2) is 27.1 Å². The van der Waals surface area contributed by atoms with Crippen molar-refractivity contribution in [1.29, 1.82) is 0 Å². The SMILES string of the molecule is CCCC(=O)O.O=C(O)c1ccc[nH]1. The summed E-state index contributed by atoms with van der Waals surface area (Å²) in [6, 6.07) is 3.14. The summed E-state index contributed by atoms with van der Waals surface area (Å²) in [4.78, 5) is 22.2. The average molecular weight is 199 g/mol. The molecule has 0 aliphatic carbocycles. The van der Waals surface area contributed by atoms with E-state index >= 15 is 0 Å². The van der Waals surface area contributed by atoms with Crippen molar-refractivity contribution in [2.45, 2.75) is 19.8 Å². The number of hydrogen-bond acceptors (Lipinski definition) is 2. The van der Waals surface area contributed by atoms with Gasteiger partial charge in [-0.1, -0.05) is 6.92 Å². The number of aromatic nitrogens is 1. The fourth-order valence-corrected chi connectivity index (χ4v) is 0.677. The van der Waals surface area contributed by atoms with Crippen LogP contribution in [0.1, 0.15) is 30.3 Å². The minimum atomic E-state index is -0.921. The zero-order valence-corrected chi connectivity index (χ0v) is 7.86. The summed E-state index contributed by atoms with van der Waals surface area (Å²) < 4.78 is 0. The summed E-state index contributed by atoms with van der Waals surface area (Å²) in [7, 11) is 0. The van der Waals surface area contributed by atoms with E-state index in [1.54, 1.807) is 12.3 Å². The van der Waals surface area contributed by atoms with Gasteiger partial charge in [0.25, 0.3) is 0 Å². The first kappa shape index (κ1) is 12.2. The number of H-pyrrole nitrogens is 1. The minimum absolute atomic E-state index is 0.227. The van der Waals surface area contributed by atoms with Crippen molar-refractivity contribution >= 4 is 11.9 Å². The second-order valence-electron chi connectivity index (χ2n) is 2.53. The number of aromatic amines is 1. The van der Waals surface area contributed by atoms with Gasteiger partial charge in [-0.2, -0.15) is 0 Å². The van der Waals surface area contributed by atoms with Crippen LogP contribution in [0.25, 0.3) is 0 Å². The predicted octanol–water partition coefficient (Wildman–Crippen LogP) is 1.58. The Kier molecular flexibility index (Phi) is 5.85. The highest BCUT2D eigenvalue weighted by Gasteiger charge is 1.98. The predicted molar refractivity (Wildman–Crippen MR) is 50.3 cm³/mol. The number of carboxylic acids is 2. The van der Waals surface area contributed by atoms with E-state index in [-0.39, 0.29) is 5.69 Å². The third-order valence-electron chi connectivity index (χ3n) is 1.29. The zero-order chi connectivity index (χ0) is 11.0. The third-order valence-corrected chi connectivity index (χ3v) is 1.29. The standard InChI is InChI=1S/C5H5NO2.C4H8O2/c7-5(8)4-2-1-3-6-4;1-2-3-4(5)6/h1-3,6H,(H,7,8);2-3H2,1H3,(H,5,6). The Morgan fingerprint density at radius 3 is 2.21 bits per heavy atom. The molecule has 0 aliphatic rings. The van der Waals surface area contributed by atoms with Crippen LogP contribution in [0, 0.1) is 0 Å². The lowest BCUT2D eigenvalue weighted by atomic mass is 10.4. The second kappa shape index (κ2) is 6.71. The number of rotatable bonds is 3. The zero-order valence-electron chi connectivity index (χ0n) is 7.86. The van der Waals surface area contributed by atoms with Gasteiger partial charge in [0.05, 0.1) is 0 Å². The van der Waals surface area contributed by atoms with E-state index in [4.69, 9.17) is 10.2 Å². The second-order valence-corrected chi connectivity index (χ2v) is 2.53. The molecule has 0 saturated carbocycles. The van der Waals surface area contributed by atoms with E-state index in [0.29, 0.717) is 6.42 Å². The molecule has 1 aromatic rings. The molecule has 1 rings (SSSR count). The van der Waals surface area contributed by atoms with Gasteiger partial charge in [-0.05, 0) is 18.6 Å². The molecule has 0 unspecified atom stereocenters. The topological polar surface area (TPSA) is 90.4 Å². The van der Waals surface area contributed by atoms with Crippen LogP contribution < -0.4 is 0 Å². The Morgan fingerprint density at radius 2 is 2.07 bits per heavy atom. The van der Waals surface area contributed by atoms with Crippen molar-refractivity contribution in [3.05, 3.63) is 24.0 Å². The number of carbonyl (C=O) groups is 2. The van der Waals surface area contributed by atoms with Gasteiger partial charge < -0.3 is 15.2 Å².